The highest BCUT2D eigenvalue weighted by Gasteiger charge is 2.17. The first-order valence-electron chi connectivity index (χ1n) is 7.12. The van der Waals surface area contributed by atoms with Crippen LogP contribution in [0.25, 0.3) is 22.1 Å². The highest BCUT2D eigenvalue weighted by molar-refractivity contribution is 9.10. The standard InChI is InChI=1S/C17H12BrN3O2/c1-10-20-14-15(23-10)13-7-12(18)8-19-16(13)21(17(14)22)9-11-5-3-2-4-6-11/h2-8H,9H2,1H3. The first-order valence-corrected chi connectivity index (χ1v) is 7.92. The van der Waals surface area contributed by atoms with Gasteiger partial charge in [-0.1, -0.05) is 30.3 Å². The van der Waals surface area contributed by atoms with E-state index in [1.54, 1.807) is 17.7 Å². The average Bonchev–Trinajstić information content (AvgIpc) is 2.95. The molecule has 6 heteroatoms. The summed E-state index contributed by atoms with van der Waals surface area (Å²) in [5, 5.41) is 0.769. The van der Waals surface area contributed by atoms with Crippen LogP contribution in [-0.2, 0) is 6.54 Å². The zero-order chi connectivity index (χ0) is 16.0. The first-order chi connectivity index (χ1) is 11.1. The zero-order valence-electron chi connectivity index (χ0n) is 12.3. The summed E-state index contributed by atoms with van der Waals surface area (Å²) in [5.41, 5.74) is 2.25. The molecule has 4 rings (SSSR count). The Bertz CT molecular complexity index is 1080. The summed E-state index contributed by atoms with van der Waals surface area (Å²) < 4.78 is 8.10. The molecule has 1 aromatic carbocycles. The van der Waals surface area contributed by atoms with Crippen LogP contribution in [0.5, 0.6) is 0 Å². The Kier molecular flexibility index (Phi) is 3.27. The van der Waals surface area contributed by atoms with Gasteiger partial charge in [0.15, 0.2) is 17.0 Å². The minimum Gasteiger partial charge on any atom is -0.440 e. The number of oxazole rings is 1. The molecular formula is C17H12BrN3O2. The van der Waals surface area contributed by atoms with Crippen LogP contribution in [-0.4, -0.2) is 14.5 Å². The Morgan fingerprint density at radius 3 is 2.83 bits per heavy atom. The van der Waals surface area contributed by atoms with Gasteiger partial charge in [0.25, 0.3) is 5.56 Å². The van der Waals surface area contributed by atoms with Crippen LogP contribution in [0.2, 0.25) is 0 Å². The van der Waals surface area contributed by atoms with Crippen molar-refractivity contribution >= 4 is 38.1 Å². The number of halogens is 1. The molecule has 0 saturated heterocycles. The van der Waals surface area contributed by atoms with Gasteiger partial charge in [0.05, 0.1) is 11.9 Å². The molecule has 0 spiro atoms. The molecule has 3 heterocycles. The summed E-state index contributed by atoms with van der Waals surface area (Å²) in [6, 6.07) is 11.7. The van der Waals surface area contributed by atoms with Crippen molar-refractivity contribution in [3.05, 3.63) is 68.9 Å². The van der Waals surface area contributed by atoms with Crippen LogP contribution in [0.15, 0.2) is 56.3 Å². The third kappa shape index (κ3) is 2.35. The molecule has 0 N–H and O–H groups in total. The molecule has 0 atom stereocenters. The van der Waals surface area contributed by atoms with Crippen molar-refractivity contribution in [1.29, 1.82) is 0 Å². The fraction of sp³-hybridized carbons (Fsp3) is 0.118. The molecule has 23 heavy (non-hydrogen) atoms. The number of hydrogen-bond donors (Lipinski definition) is 0. The molecule has 0 unspecified atom stereocenters. The minimum atomic E-state index is -0.192. The monoisotopic (exact) mass is 369 g/mol. The Labute approximate surface area is 139 Å². The van der Waals surface area contributed by atoms with Crippen molar-refractivity contribution in [1.82, 2.24) is 14.5 Å². The fourth-order valence-corrected chi connectivity index (χ4v) is 3.04. The average molecular weight is 370 g/mol. The second-order valence-corrected chi connectivity index (χ2v) is 6.23. The number of fused-ring (bicyclic) bond motifs is 3. The van der Waals surface area contributed by atoms with Gasteiger partial charge in [0.2, 0.25) is 0 Å². The summed E-state index contributed by atoms with van der Waals surface area (Å²) in [6.07, 6.45) is 1.68. The predicted octanol–water partition coefficient (Wildman–Crippen LogP) is 3.66. The maximum absolute atomic E-state index is 12.8. The Morgan fingerprint density at radius 1 is 1.26 bits per heavy atom. The van der Waals surface area contributed by atoms with Gasteiger partial charge in [-0.3, -0.25) is 9.36 Å². The van der Waals surface area contributed by atoms with E-state index in [2.05, 4.69) is 25.9 Å². The minimum absolute atomic E-state index is 0.192. The number of aryl methyl sites for hydroxylation is 1. The normalized spacial score (nSPS) is 11.4. The summed E-state index contributed by atoms with van der Waals surface area (Å²) in [7, 11) is 0. The molecule has 0 amide bonds. The van der Waals surface area contributed by atoms with E-state index >= 15 is 0 Å². The first kappa shape index (κ1) is 14.1. The molecule has 0 fully saturated rings. The van der Waals surface area contributed by atoms with Gasteiger partial charge in [-0.25, -0.2) is 9.97 Å². The lowest BCUT2D eigenvalue weighted by molar-refractivity contribution is 0.563. The van der Waals surface area contributed by atoms with E-state index in [0.717, 1.165) is 15.4 Å². The maximum Gasteiger partial charge on any atom is 0.282 e. The summed E-state index contributed by atoms with van der Waals surface area (Å²) >= 11 is 3.42. The van der Waals surface area contributed by atoms with Crippen molar-refractivity contribution < 1.29 is 4.42 Å². The predicted molar refractivity (Wildman–Crippen MR) is 91.6 cm³/mol. The highest BCUT2D eigenvalue weighted by atomic mass is 79.9. The van der Waals surface area contributed by atoms with Crippen molar-refractivity contribution in [3.8, 4) is 0 Å². The topological polar surface area (TPSA) is 60.9 Å². The van der Waals surface area contributed by atoms with E-state index in [-0.39, 0.29) is 5.56 Å². The summed E-state index contributed by atoms with van der Waals surface area (Å²) in [5.74, 6) is 0.468. The third-order valence-electron chi connectivity index (χ3n) is 3.70. The van der Waals surface area contributed by atoms with E-state index in [4.69, 9.17) is 4.42 Å². The van der Waals surface area contributed by atoms with E-state index in [9.17, 15) is 4.79 Å². The Hall–Kier alpha value is -2.47. The Balaban J connectivity index is 2.08. The second kappa shape index (κ2) is 5.31. The van der Waals surface area contributed by atoms with Crippen molar-refractivity contribution in [3.63, 3.8) is 0 Å². The van der Waals surface area contributed by atoms with Crippen LogP contribution in [0.3, 0.4) is 0 Å². The highest BCUT2D eigenvalue weighted by Crippen LogP contribution is 2.25. The third-order valence-corrected chi connectivity index (χ3v) is 4.13. The van der Waals surface area contributed by atoms with E-state index < -0.39 is 0 Å². The molecule has 0 saturated carbocycles. The van der Waals surface area contributed by atoms with Gasteiger partial charge in [-0.05, 0) is 27.6 Å². The van der Waals surface area contributed by atoms with Gasteiger partial charge in [-0.2, -0.15) is 0 Å². The molecule has 0 aliphatic heterocycles. The lowest BCUT2D eigenvalue weighted by Gasteiger charge is -2.10. The summed E-state index contributed by atoms with van der Waals surface area (Å²) in [4.78, 5) is 21.5. The number of benzene rings is 1. The molecule has 0 radical (unpaired) electrons. The molecule has 3 aromatic heterocycles. The van der Waals surface area contributed by atoms with Gasteiger partial charge in [0, 0.05) is 17.6 Å². The molecule has 0 aliphatic carbocycles. The van der Waals surface area contributed by atoms with Crippen LogP contribution in [0.4, 0.5) is 0 Å². The summed E-state index contributed by atoms with van der Waals surface area (Å²) in [6.45, 7) is 2.17. The van der Waals surface area contributed by atoms with Crippen molar-refractivity contribution in [2.24, 2.45) is 0 Å². The van der Waals surface area contributed by atoms with E-state index in [1.807, 2.05) is 36.4 Å². The number of aromatic nitrogens is 3. The smallest absolute Gasteiger partial charge is 0.282 e. The van der Waals surface area contributed by atoms with Crippen molar-refractivity contribution in [2.75, 3.05) is 0 Å². The largest absolute Gasteiger partial charge is 0.440 e. The SMILES string of the molecule is Cc1nc2c(=O)n(Cc3ccccc3)c3ncc(Br)cc3c2o1. The molecule has 114 valence electrons. The lowest BCUT2D eigenvalue weighted by Crippen LogP contribution is -2.22. The molecule has 0 aliphatic rings. The Morgan fingerprint density at radius 2 is 2.04 bits per heavy atom. The van der Waals surface area contributed by atoms with Gasteiger partial charge in [0.1, 0.15) is 5.65 Å². The van der Waals surface area contributed by atoms with E-state index in [1.165, 1.54) is 0 Å². The van der Waals surface area contributed by atoms with Crippen LogP contribution < -0.4 is 5.56 Å². The molecule has 0 bridgehead atoms. The van der Waals surface area contributed by atoms with Gasteiger partial charge < -0.3 is 4.42 Å². The molecular weight excluding hydrogens is 358 g/mol. The van der Waals surface area contributed by atoms with Crippen molar-refractivity contribution in [2.45, 2.75) is 13.5 Å². The fourth-order valence-electron chi connectivity index (χ4n) is 2.71. The maximum atomic E-state index is 12.8. The number of nitrogens with zero attached hydrogens (tertiary/aromatic N) is 3. The van der Waals surface area contributed by atoms with Crippen LogP contribution in [0, 0.1) is 6.92 Å². The van der Waals surface area contributed by atoms with E-state index in [0.29, 0.717) is 29.2 Å². The molecule has 5 nitrogen and oxygen atoms in total. The lowest BCUT2D eigenvalue weighted by atomic mass is 10.2. The van der Waals surface area contributed by atoms with Crippen LogP contribution in [0.1, 0.15) is 11.5 Å². The number of hydrogen-bond acceptors (Lipinski definition) is 4. The van der Waals surface area contributed by atoms with Gasteiger partial charge >= 0.3 is 0 Å². The quantitative estimate of drug-likeness (QED) is 0.540. The van der Waals surface area contributed by atoms with Gasteiger partial charge in [-0.15, -0.1) is 0 Å². The second-order valence-electron chi connectivity index (χ2n) is 5.31. The number of pyridine rings is 2. The zero-order valence-corrected chi connectivity index (χ0v) is 13.9. The number of rotatable bonds is 2. The molecule has 4 aromatic rings. The van der Waals surface area contributed by atoms with Crippen LogP contribution >= 0.6 is 15.9 Å².